The van der Waals surface area contributed by atoms with Gasteiger partial charge in [0.15, 0.2) is 0 Å². The van der Waals surface area contributed by atoms with E-state index in [1.807, 2.05) is 6.07 Å². The van der Waals surface area contributed by atoms with Crippen LogP contribution in [0.2, 0.25) is 15.1 Å². The summed E-state index contributed by atoms with van der Waals surface area (Å²) in [5.41, 5.74) is 1.91. The van der Waals surface area contributed by atoms with Crippen molar-refractivity contribution in [2.24, 2.45) is 0 Å². The van der Waals surface area contributed by atoms with Crippen LogP contribution in [-0.4, -0.2) is 0 Å². The van der Waals surface area contributed by atoms with Crippen LogP contribution in [-0.2, 0) is 5.33 Å². The Balaban J connectivity index is 2.55. The minimum Gasteiger partial charge on any atom is -0.206 e. The first kappa shape index (κ1) is 14.1. The minimum atomic E-state index is -0.318. The van der Waals surface area contributed by atoms with E-state index >= 15 is 0 Å². The second kappa shape index (κ2) is 5.79. The highest BCUT2D eigenvalue weighted by molar-refractivity contribution is 9.08. The van der Waals surface area contributed by atoms with Gasteiger partial charge in [-0.2, -0.15) is 0 Å². The topological polar surface area (TPSA) is 0 Å². The van der Waals surface area contributed by atoms with Crippen LogP contribution in [0.15, 0.2) is 30.3 Å². The normalized spacial score (nSPS) is 10.7. The van der Waals surface area contributed by atoms with Crippen LogP contribution >= 0.6 is 50.7 Å². The van der Waals surface area contributed by atoms with Crippen LogP contribution in [0, 0.1) is 5.82 Å². The molecule has 0 saturated carbocycles. The van der Waals surface area contributed by atoms with Crippen LogP contribution in [0.5, 0.6) is 0 Å². The Morgan fingerprint density at radius 1 is 1.00 bits per heavy atom. The molecule has 2 rings (SSSR count). The molecule has 2 aromatic carbocycles. The lowest BCUT2D eigenvalue weighted by atomic mass is 10.0. The molecule has 0 atom stereocenters. The summed E-state index contributed by atoms with van der Waals surface area (Å²) >= 11 is 21.0. The number of halogens is 5. The summed E-state index contributed by atoms with van der Waals surface area (Å²) in [5.74, 6) is -0.318. The third kappa shape index (κ3) is 2.83. The van der Waals surface area contributed by atoms with E-state index in [1.54, 1.807) is 18.2 Å². The van der Waals surface area contributed by atoms with Crippen molar-refractivity contribution < 1.29 is 4.39 Å². The highest BCUT2D eigenvalue weighted by Gasteiger charge is 2.11. The molecule has 0 heterocycles. The highest BCUT2D eigenvalue weighted by atomic mass is 79.9. The molecular formula is C13H7BrCl3F. The van der Waals surface area contributed by atoms with Gasteiger partial charge in [-0.05, 0) is 29.3 Å². The average molecular weight is 368 g/mol. The highest BCUT2D eigenvalue weighted by Crippen LogP contribution is 2.36. The molecule has 0 nitrogen and oxygen atoms in total. The van der Waals surface area contributed by atoms with E-state index in [4.69, 9.17) is 34.8 Å². The van der Waals surface area contributed by atoms with Gasteiger partial charge in [-0.15, -0.1) is 0 Å². The summed E-state index contributed by atoms with van der Waals surface area (Å²) in [5, 5.41) is 1.50. The summed E-state index contributed by atoms with van der Waals surface area (Å²) < 4.78 is 13.9. The van der Waals surface area contributed by atoms with Gasteiger partial charge in [0, 0.05) is 10.9 Å². The van der Waals surface area contributed by atoms with Crippen LogP contribution in [0.25, 0.3) is 11.1 Å². The standard InChI is InChI=1S/C13H7BrCl3F/c14-6-7-1-2-9(12(18)3-7)8-4-10(15)13(17)11(16)5-8/h1-5H,6H2. The van der Waals surface area contributed by atoms with Crippen LogP contribution < -0.4 is 0 Å². The molecule has 0 radical (unpaired) electrons. The lowest BCUT2D eigenvalue weighted by molar-refractivity contribution is 0.630. The van der Waals surface area contributed by atoms with Gasteiger partial charge in [0.2, 0.25) is 0 Å². The molecule has 94 valence electrons. The molecule has 0 fully saturated rings. The second-order valence-electron chi connectivity index (χ2n) is 3.70. The quantitative estimate of drug-likeness (QED) is 0.428. The van der Waals surface area contributed by atoms with Crippen molar-refractivity contribution in [2.75, 3.05) is 0 Å². The smallest absolute Gasteiger partial charge is 0.131 e. The van der Waals surface area contributed by atoms with Gasteiger partial charge in [-0.3, -0.25) is 0 Å². The molecular weight excluding hydrogens is 361 g/mol. The van der Waals surface area contributed by atoms with E-state index in [0.717, 1.165) is 5.56 Å². The third-order valence-corrected chi connectivity index (χ3v) is 4.33. The van der Waals surface area contributed by atoms with Gasteiger partial charge in [-0.25, -0.2) is 4.39 Å². The lowest BCUT2D eigenvalue weighted by Gasteiger charge is -2.08. The van der Waals surface area contributed by atoms with Gasteiger partial charge in [0.05, 0.1) is 15.1 Å². The molecule has 0 aliphatic rings. The number of rotatable bonds is 2. The van der Waals surface area contributed by atoms with E-state index in [0.29, 0.717) is 26.5 Å². The Morgan fingerprint density at radius 2 is 1.61 bits per heavy atom. The van der Waals surface area contributed by atoms with E-state index < -0.39 is 0 Å². The Morgan fingerprint density at radius 3 is 2.11 bits per heavy atom. The van der Waals surface area contributed by atoms with Crippen molar-refractivity contribution >= 4 is 50.7 Å². The first-order valence-electron chi connectivity index (χ1n) is 5.02. The van der Waals surface area contributed by atoms with Crippen molar-refractivity contribution in [2.45, 2.75) is 5.33 Å². The van der Waals surface area contributed by atoms with Crippen molar-refractivity contribution in [1.82, 2.24) is 0 Å². The summed E-state index contributed by atoms with van der Waals surface area (Å²) in [7, 11) is 0. The molecule has 5 heteroatoms. The second-order valence-corrected chi connectivity index (χ2v) is 5.45. The minimum absolute atomic E-state index is 0.277. The van der Waals surface area contributed by atoms with E-state index in [9.17, 15) is 4.39 Å². The Labute approximate surface area is 128 Å². The molecule has 0 saturated heterocycles. The predicted octanol–water partition coefficient (Wildman–Crippen LogP) is 6.35. The number of hydrogen-bond donors (Lipinski definition) is 0. The lowest BCUT2D eigenvalue weighted by Crippen LogP contribution is -1.88. The fourth-order valence-corrected chi connectivity index (χ4v) is 2.53. The monoisotopic (exact) mass is 366 g/mol. The van der Waals surface area contributed by atoms with Gasteiger partial charge in [0.1, 0.15) is 5.82 Å². The molecule has 0 N–H and O–H groups in total. The van der Waals surface area contributed by atoms with Crippen molar-refractivity contribution in [3.8, 4) is 11.1 Å². The largest absolute Gasteiger partial charge is 0.206 e. The van der Waals surface area contributed by atoms with Crippen LogP contribution in [0.1, 0.15) is 5.56 Å². The van der Waals surface area contributed by atoms with E-state index in [-0.39, 0.29) is 10.8 Å². The number of hydrogen-bond acceptors (Lipinski definition) is 0. The summed E-state index contributed by atoms with van der Waals surface area (Å²) in [6.45, 7) is 0. The summed E-state index contributed by atoms with van der Waals surface area (Å²) in [6, 6.07) is 8.20. The molecule has 0 aromatic heterocycles. The molecule has 0 aliphatic carbocycles. The maximum Gasteiger partial charge on any atom is 0.131 e. The van der Waals surface area contributed by atoms with Gasteiger partial charge in [-0.1, -0.05) is 62.9 Å². The summed E-state index contributed by atoms with van der Waals surface area (Å²) in [4.78, 5) is 0. The third-order valence-electron chi connectivity index (χ3n) is 2.48. The maximum absolute atomic E-state index is 13.9. The number of alkyl halides is 1. The van der Waals surface area contributed by atoms with Gasteiger partial charge in [0.25, 0.3) is 0 Å². The van der Waals surface area contributed by atoms with Crippen molar-refractivity contribution in [3.63, 3.8) is 0 Å². The molecule has 0 spiro atoms. The maximum atomic E-state index is 13.9. The Kier molecular flexibility index (Phi) is 4.54. The molecule has 0 unspecified atom stereocenters. The zero-order valence-corrected chi connectivity index (χ0v) is 12.8. The summed E-state index contributed by atoms with van der Waals surface area (Å²) in [6.07, 6.45) is 0. The molecule has 0 amide bonds. The van der Waals surface area contributed by atoms with Crippen LogP contribution in [0.4, 0.5) is 4.39 Å². The van der Waals surface area contributed by atoms with Gasteiger partial charge < -0.3 is 0 Å². The van der Waals surface area contributed by atoms with E-state index in [1.165, 1.54) is 6.07 Å². The molecule has 18 heavy (non-hydrogen) atoms. The fraction of sp³-hybridized carbons (Fsp3) is 0.0769. The SMILES string of the molecule is Fc1cc(CBr)ccc1-c1cc(Cl)c(Cl)c(Cl)c1. The molecule has 2 aromatic rings. The van der Waals surface area contributed by atoms with Crippen molar-refractivity contribution in [1.29, 1.82) is 0 Å². The predicted molar refractivity (Wildman–Crippen MR) is 79.5 cm³/mol. The van der Waals surface area contributed by atoms with Gasteiger partial charge >= 0.3 is 0 Å². The first-order valence-corrected chi connectivity index (χ1v) is 7.27. The number of benzene rings is 2. The first-order chi connectivity index (χ1) is 8.52. The zero-order valence-electron chi connectivity index (χ0n) is 8.98. The average Bonchev–Trinajstić information content (AvgIpc) is 2.35. The Hall–Kier alpha value is -0.280. The fourth-order valence-electron chi connectivity index (χ4n) is 1.59. The Bertz CT molecular complexity index is 576. The zero-order chi connectivity index (χ0) is 13.3. The van der Waals surface area contributed by atoms with E-state index in [2.05, 4.69) is 15.9 Å². The van der Waals surface area contributed by atoms with Crippen LogP contribution in [0.3, 0.4) is 0 Å². The van der Waals surface area contributed by atoms with Crippen molar-refractivity contribution in [3.05, 3.63) is 56.8 Å². The molecule has 0 bridgehead atoms. The molecule has 0 aliphatic heterocycles.